The maximum Gasteiger partial charge on any atom is 0.343 e. The number of esters is 2. The first-order valence-corrected chi connectivity index (χ1v) is 14.5. The standard InChI is InChI=1S/C33H24BrNO7/c34-19-9-5-18(6-10-19)32(39)42-20-11-7-17(8-12-20)27(36)16-41-33(40)23-3-1-2-4-26(23)35-30(37)28-21-13-14-22(25-15-24(21)25)29(28)31(35)38/h1-14,21-22,24-25,28-29H,15-16H2. The number of nitrogens with zero attached hydrogens (tertiary/aromatic N) is 1. The highest BCUT2D eigenvalue weighted by atomic mass is 79.9. The minimum Gasteiger partial charge on any atom is -0.454 e. The van der Waals surface area contributed by atoms with Gasteiger partial charge in [0.05, 0.1) is 28.7 Å². The maximum absolute atomic E-state index is 13.6. The number of allylic oxidation sites excluding steroid dienone is 2. The van der Waals surface area contributed by atoms with E-state index < -0.39 is 24.3 Å². The molecular weight excluding hydrogens is 602 g/mol. The van der Waals surface area contributed by atoms with Crippen LogP contribution in [-0.2, 0) is 14.3 Å². The summed E-state index contributed by atoms with van der Waals surface area (Å²) in [5.74, 6) is -1.80. The highest BCUT2D eigenvalue weighted by molar-refractivity contribution is 9.10. The molecule has 8 rings (SSSR count). The molecule has 3 aromatic carbocycles. The van der Waals surface area contributed by atoms with Crippen LogP contribution >= 0.6 is 15.9 Å². The van der Waals surface area contributed by atoms with E-state index in [2.05, 4.69) is 28.1 Å². The SMILES string of the molecule is O=C(COC(=O)c1ccccc1N1C(=O)C2C3C=CC(C4CC34)C2C1=O)c1ccc(OC(=O)c2ccc(Br)cc2)cc1. The number of imide groups is 1. The summed E-state index contributed by atoms with van der Waals surface area (Å²) in [6, 6.07) is 19.0. The molecule has 1 saturated heterocycles. The molecule has 0 spiro atoms. The van der Waals surface area contributed by atoms with Gasteiger partial charge in [-0.2, -0.15) is 0 Å². The number of halogens is 1. The first-order chi connectivity index (χ1) is 20.3. The van der Waals surface area contributed by atoms with Gasteiger partial charge in [-0.3, -0.25) is 14.4 Å². The summed E-state index contributed by atoms with van der Waals surface area (Å²) in [5.41, 5.74) is 0.869. The van der Waals surface area contributed by atoms with Crippen LogP contribution in [0.1, 0.15) is 37.5 Å². The van der Waals surface area contributed by atoms with Crippen molar-refractivity contribution in [2.24, 2.45) is 35.5 Å². The molecule has 0 radical (unpaired) electrons. The van der Waals surface area contributed by atoms with Gasteiger partial charge in [0.15, 0.2) is 12.4 Å². The lowest BCUT2D eigenvalue weighted by Crippen LogP contribution is -2.40. The van der Waals surface area contributed by atoms with Crippen LogP contribution in [0.3, 0.4) is 0 Å². The number of Topliss-reactive ketones (excluding diaryl/α,β-unsaturated/α-hetero) is 1. The Morgan fingerprint density at radius 1 is 0.762 bits per heavy atom. The number of anilines is 1. The number of hydrogen-bond donors (Lipinski definition) is 0. The lowest BCUT2D eigenvalue weighted by Gasteiger charge is -2.37. The second-order valence-electron chi connectivity index (χ2n) is 11.1. The first-order valence-electron chi connectivity index (χ1n) is 13.7. The highest BCUT2D eigenvalue weighted by Crippen LogP contribution is 2.65. The summed E-state index contributed by atoms with van der Waals surface area (Å²) in [6.45, 7) is -0.546. The monoisotopic (exact) mass is 625 g/mol. The molecule has 2 saturated carbocycles. The number of para-hydroxylation sites is 1. The fourth-order valence-corrected chi connectivity index (χ4v) is 7.05. The zero-order chi connectivity index (χ0) is 29.1. The lowest BCUT2D eigenvalue weighted by atomic mass is 9.63. The van der Waals surface area contributed by atoms with Crippen LogP contribution in [0.4, 0.5) is 5.69 Å². The molecule has 0 aromatic heterocycles. The third-order valence-electron chi connectivity index (χ3n) is 8.83. The summed E-state index contributed by atoms with van der Waals surface area (Å²) in [5, 5.41) is 0. The van der Waals surface area contributed by atoms with Crippen molar-refractivity contribution in [1.82, 2.24) is 0 Å². The highest BCUT2D eigenvalue weighted by Gasteiger charge is 2.67. The van der Waals surface area contributed by atoms with Crippen LogP contribution in [0, 0.1) is 35.5 Å². The Bertz CT molecular complexity index is 1640. The van der Waals surface area contributed by atoms with E-state index in [1.807, 2.05) is 0 Å². The number of ether oxygens (including phenoxy) is 2. The van der Waals surface area contributed by atoms with Crippen molar-refractivity contribution < 1.29 is 33.4 Å². The van der Waals surface area contributed by atoms with Gasteiger partial charge in [-0.15, -0.1) is 0 Å². The Labute approximate surface area is 249 Å². The normalized spacial score (nSPS) is 26.5. The van der Waals surface area contributed by atoms with E-state index in [1.54, 1.807) is 42.5 Å². The predicted molar refractivity (Wildman–Crippen MR) is 154 cm³/mol. The Kier molecular flexibility index (Phi) is 6.42. The van der Waals surface area contributed by atoms with Crippen LogP contribution < -0.4 is 9.64 Å². The molecule has 2 bridgehead atoms. The van der Waals surface area contributed by atoms with Crippen molar-refractivity contribution >= 4 is 51.2 Å². The smallest absolute Gasteiger partial charge is 0.343 e. The zero-order valence-corrected chi connectivity index (χ0v) is 23.7. The number of hydrogen-bond acceptors (Lipinski definition) is 7. The van der Waals surface area contributed by atoms with Crippen molar-refractivity contribution in [3.8, 4) is 5.75 Å². The summed E-state index contributed by atoms with van der Waals surface area (Å²) < 4.78 is 11.5. The van der Waals surface area contributed by atoms with Crippen molar-refractivity contribution in [1.29, 1.82) is 0 Å². The summed E-state index contributed by atoms with van der Waals surface area (Å²) in [7, 11) is 0. The number of ketones is 1. The van der Waals surface area contributed by atoms with Gasteiger partial charge in [-0.1, -0.05) is 40.2 Å². The van der Waals surface area contributed by atoms with Crippen molar-refractivity contribution in [3.05, 3.63) is 106 Å². The van der Waals surface area contributed by atoms with E-state index in [9.17, 15) is 24.0 Å². The van der Waals surface area contributed by atoms with Crippen LogP contribution in [0.25, 0.3) is 0 Å². The molecule has 5 aliphatic rings. The van der Waals surface area contributed by atoms with Gasteiger partial charge in [0.2, 0.25) is 11.8 Å². The third kappa shape index (κ3) is 4.39. The van der Waals surface area contributed by atoms with Crippen LogP contribution in [0.2, 0.25) is 0 Å². The molecule has 8 nitrogen and oxygen atoms in total. The van der Waals surface area contributed by atoms with Crippen molar-refractivity contribution in [2.45, 2.75) is 6.42 Å². The molecule has 42 heavy (non-hydrogen) atoms. The van der Waals surface area contributed by atoms with E-state index in [-0.39, 0.29) is 58.0 Å². The minimum atomic E-state index is -0.807. The van der Waals surface area contributed by atoms with Gasteiger partial charge in [0.1, 0.15) is 5.75 Å². The lowest BCUT2D eigenvalue weighted by molar-refractivity contribution is -0.124. The van der Waals surface area contributed by atoms with Crippen molar-refractivity contribution in [2.75, 3.05) is 11.5 Å². The average Bonchev–Trinajstić information content (AvgIpc) is 3.79. The molecule has 2 amide bonds. The van der Waals surface area contributed by atoms with E-state index >= 15 is 0 Å². The van der Waals surface area contributed by atoms with Gasteiger partial charge in [0.25, 0.3) is 0 Å². The number of benzene rings is 3. The van der Waals surface area contributed by atoms with E-state index in [4.69, 9.17) is 9.47 Å². The molecule has 1 aliphatic heterocycles. The molecular formula is C33H24BrNO7. The van der Waals surface area contributed by atoms with Crippen LogP contribution in [-0.4, -0.2) is 36.1 Å². The molecule has 1 heterocycles. The fraction of sp³-hybridized carbons (Fsp3) is 0.242. The zero-order valence-electron chi connectivity index (χ0n) is 22.1. The summed E-state index contributed by atoms with van der Waals surface area (Å²) >= 11 is 3.32. The van der Waals surface area contributed by atoms with Crippen LogP contribution in [0.15, 0.2) is 89.4 Å². The second kappa shape index (κ2) is 10.2. The number of amides is 2. The topological polar surface area (TPSA) is 107 Å². The number of carbonyl (C=O) groups excluding carboxylic acids is 5. The molecule has 210 valence electrons. The van der Waals surface area contributed by atoms with Gasteiger partial charge in [0, 0.05) is 10.0 Å². The Balaban J connectivity index is 1.01. The minimum absolute atomic E-state index is 0.0475. The van der Waals surface area contributed by atoms with Gasteiger partial charge in [-0.05, 0) is 90.8 Å². The average molecular weight is 626 g/mol. The third-order valence-corrected chi connectivity index (χ3v) is 9.36. The van der Waals surface area contributed by atoms with E-state index in [0.29, 0.717) is 17.4 Å². The molecule has 4 aliphatic carbocycles. The number of carbonyl (C=O) groups is 5. The predicted octanol–water partition coefficient (Wildman–Crippen LogP) is 5.27. The van der Waals surface area contributed by atoms with Gasteiger partial charge >= 0.3 is 11.9 Å². The molecule has 9 heteroatoms. The molecule has 6 atom stereocenters. The second-order valence-corrected chi connectivity index (χ2v) is 12.0. The van der Waals surface area contributed by atoms with E-state index in [1.165, 1.54) is 30.3 Å². The Morgan fingerprint density at radius 3 is 2.00 bits per heavy atom. The molecule has 6 unspecified atom stereocenters. The van der Waals surface area contributed by atoms with Crippen molar-refractivity contribution in [3.63, 3.8) is 0 Å². The Hall–Kier alpha value is -4.37. The summed E-state index contributed by atoms with van der Waals surface area (Å²) in [6.07, 6.45) is 5.26. The van der Waals surface area contributed by atoms with E-state index in [0.717, 1.165) is 15.8 Å². The molecule has 0 N–H and O–H groups in total. The first kappa shape index (κ1) is 26.5. The fourth-order valence-electron chi connectivity index (χ4n) is 6.79. The molecule has 3 aromatic rings. The maximum atomic E-state index is 13.6. The largest absolute Gasteiger partial charge is 0.454 e. The van der Waals surface area contributed by atoms with Crippen LogP contribution in [0.5, 0.6) is 5.75 Å². The number of rotatable bonds is 7. The molecule has 3 fully saturated rings. The Morgan fingerprint density at radius 2 is 1.36 bits per heavy atom. The summed E-state index contributed by atoms with van der Waals surface area (Å²) in [4.78, 5) is 66.5. The quantitative estimate of drug-likeness (QED) is 0.116. The van der Waals surface area contributed by atoms with Gasteiger partial charge in [-0.25, -0.2) is 14.5 Å². The van der Waals surface area contributed by atoms with Gasteiger partial charge < -0.3 is 9.47 Å².